The van der Waals surface area contributed by atoms with Crippen molar-refractivity contribution in [1.82, 2.24) is 14.5 Å². The van der Waals surface area contributed by atoms with Crippen LogP contribution in [0.2, 0.25) is 0 Å². The van der Waals surface area contributed by atoms with Gasteiger partial charge < -0.3 is 4.74 Å². The van der Waals surface area contributed by atoms with E-state index < -0.39 is 16.0 Å². The lowest BCUT2D eigenvalue weighted by atomic mass is 10.4. The molecule has 7 nitrogen and oxygen atoms in total. The maximum atomic E-state index is 12.5. The van der Waals surface area contributed by atoms with Crippen LogP contribution in [0.3, 0.4) is 0 Å². The minimum absolute atomic E-state index is 0.0745. The Morgan fingerprint density at radius 3 is 2.58 bits per heavy atom. The Kier molecular flexibility index (Phi) is 5.07. The maximum Gasteiger partial charge on any atom is 0.321 e. The van der Waals surface area contributed by atoms with Crippen LogP contribution in [0.1, 0.15) is 26.5 Å². The van der Waals surface area contributed by atoms with Crippen molar-refractivity contribution in [1.29, 1.82) is 0 Å². The first-order chi connectivity index (χ1) is 8.80. The second kappa shape index (κ2) is 6.16. The molecule has 1 heterocycles. The fourth-order valence-electron chi connectivity index (χ4n) is 1.61. The Morgan fingerprint density at radius 1 is 1.53 bits per heavy atom. The van der Waals surface area contributed by atoms with Gasteiger partial charge in [-0.1, -0.05) is 0 Å². The van der Waals surface area contributed by atoms with Crippen molar-refractivity contribution in [3.8, 4) is 0 Å². The van der Waals surface area contributed by atoms with Crippen molar-refractivity contribution in [2.75, 3.05) is 13.2 Å². The van der Waals surface area contributed by atoms with Gasteiger partial charge in [0.2, 0.25) is 10.0 Å². The van der Waals surface area contributed by atoms with Gasteiger partial charge in [-0.2, -0.15) is 9.40 Å². The van der Waals surface area contributed by atoms with E-state index in [0.717, 1.165) is 4.31 Å². The highest BCUT2D eigenvalue weighted by Gasteiger charge is 2.31. The lowest BCUT2D eigenvalue weighted by Crippen LogP contribution is -2.41. The average Bonchev–Trinajstić information content (AvgIpc) is 2.72. The molecule has 0 amide bonds. The number of H-pyrrole nitrogens is 1. The van der Waals surface area contributed by atoms with E-state index in [1.807, 2.05) is 0 Å². The van der Waals surface area contributed by atoms with Crippen LogP contribution < -0.4 is 0 Å². The van der Waals surface area contributed by atoms with E-state index >= 15 is 0 Å². The number of carbonyl (C=O) groups excluding carboxylic acids is 1. The number of ether oxygens (including phenoxy) is 1. The van der Waals surface area contributed by atoms with Gasteiger partial charge in [0.05, 0.1) is 18.5 Å². The van der Waals surface area contributed by atoms with Gasteiger partial charge in [-0.25, -0.2) is 8.42 Å². The van der Waals surface area contributed by atoms with Crippen LogP contribution in [-0.2, 0) is 19.6 Å². The number of nitrogens with zero attached hydrogens (tertiary/aromatic N) is 2. The summed E-state index contributed by atoms with van der Waals surface area (Å²) < 4.78 is 30.8. The molecule has 0 unspecified atom stereocenters. The Hall–Kier alpha value is -1.41. The highest BCUT2D eigenvalue weighted by Crippen LogP contribution is 2.19. The predicted molar refractivity (Wildman–Crippen MR) is 69.0 cm³/mol. The van der Waals surface area contributed by atoms with Crippen molar-refractivity contribution in [2.45, 2.75) is 38.6 Å². The molecule has 0 aromatic carbocycles. The highest BCUT2D eigenvalue weighted by atomic mass is 32.2. The van der Waals surface area contributed by atoms with E-state index in [1.54, 1.807) is 27.7 Å². The Bertz CT molecular complexity index is 536. The van der Waals surface area contributed by atoms with Crippen molar-refractivity contribution in [3.05, 3.63) is 11.9 Å². The summed E-state index contributed by atoms with van der Waals surface area (Å²) in [6.07, 6.45) is 1.24. The SMILES string of the molecule is CCOC(=O)CN(C(C)C)S(=O)(=O)c1cn[nH]c1C. The summed E-state index contributed by atoms with van der Waals surface area (Å²) in [5.74, 6) is -0.569. The van der Waals surface area contributed by atoms with Crippen LogP contribution in [0.15, 0.2) is 11.1 Å². The largest absolute Gasteiger partial charge is 0.465 e. The molecule has 0 aliphatic carbocycles. The molecule has 0 radical (unpaired) electrons. The van der Waals surface area contributed by atoms with Crippen LogP contribution in [0.25, 0.3) is 0 Å². The fraction of sp³-hybridized carbons (Fsp3) is 0.636. The zero-order valence-corrected chi connectivity index (χ0v) is 12.3. The van der Waals surface area contributed by atoms with Crippen LogP contribution in [0.4, 0.5) is 0 Å². The van der Waals surface area contributed by atoms with E-state index in [0.29, 0.717) is 5.69 Å². The van der Waals surface area contributed by atoms with Gasteiger partial charge in [-0.3, -0.25) is 9.89 Å². The average molecular weight is 289 g/mol. The van der Waals surface area contributed by atoms with Crippen LogP contribution in [0.5, 0.6) is 0 Å². The molecule has 1 rings (SSSR count). The number of hydrogen-bond donors (Lipinski definition) is 1. The summed E-state index contributed by atoms with van der Waals surface area (Å²) in [5.41, 5.74) is 0.439. The zero-order chi connectivity index (χ0) is 14.6. The first-order valence-electron chi connectivity index (χ1n) is 5.98. The van der Waals surface area contributed by atoms with E-state index in [2.05, 4.69) is 10.2 Å². The minimum atomic E-state index is -3.76. The maximum absolute atomic E-state index is 12.5. The van der Waals surface area contributed by atoms with Gasteiger partial charge in [0, 0.05) is 6.04 Å². The third-order valence-electron chi connectivity index (χ3n) is 2.54. The molecular formula is C11H19N3O4S. The Morgan fingerprint density at radius 2 is 2.16 bits per heavy atom. The molecule has 0 spiro atoms. The second-order valence-corrected chi connectivity index (χ2v) is 6.17. The second-order valence-electron chi connectivity index (χ2n) is 4.31. The number of aryl methyl sites for hydroxylation is 1. The molecule has 19 heavy (non-hydrogen) atoms. The topological polar surface area (TPSA) is 92.4 Å². The fourth-order valence-corrected chi connectivity index (χ4v) is 3.31. The van der Waals surface area contributed by atoms with E-state index in [1.165, 1.54) is 6.20 Å². The number of aromatic amines is 1. The van der Waals surface area contributed by atoms with E-state index in [9.17, 15) is 13.2 Å². The van der Waals surface area contributed by atoms with Crippen LogP contribution >= 0.6 is 0 Å². The van der Waals surface area contributed by atoms with Gasteiger partial charge in [-0.15, -0.1) is 0 Å². The number of esters is 1. The van der Waals surface area contributed by atoms with E-state index in [4.69, 9.17) is 4.74 Å². The van der Waals surface area contributed by atoms with Crippen molar-refractivity contribution in [2.24, 2.45) is 0 Å². The van der Waals surface area contributed by atoms with Gasteiger partial charge in [-0.05, 0) is 27.7 Å². The molecule has 0 bridgehead atoms. The Balaban J connectivity index is 3.06. The zero-order valence-electron chi connectivity index (χ0n) is 11.5. The number of sulfonamides is 1. The quantitative estimate of drug-likeness (QED) is 0.777. The summed E-state index contributed by atoms with van der Waals surface area (Å²) in [7, 11) is -3.76. The summed E-state index contributed by atoms with van der Waals surface area (Å²) in [6, 6.07) is -0.358. The third kappa shape index (κ3) is 3.54. The molecule has 108 valence electrons. The van der Waals surface area contributed by atoms with Crippen molar-refractivity contribution >= 4 is 16.0 Å². The van der Waals surface area contributed by atoms with Crippen molar-refractivity contribution < 1.29 is 17.9 Å². The number of carbonyl (C=O) groups is 1. The molecule has 1 aromatic heterocycles. The minimum Gasteiger partial charge on any atom is -0.465 e. The molecular weight excluding hydrogens is 270 g/mol. The molecule has 0 saturated heterocycles. The number of nitrogens with one attached hydrogen (secondary N) is 1. The number of aromatic nitrogens is 2. The first kappa shape index (κ1) is 15.6. The summed E-state index contributed by atoms with van der Waals surface area (Å²) in [5, 5.41) is 6.27. The van der Waals surface area contributed by atoms with Gasteiger partial charge >= 0.3 is 5.97 Å². The standard InChI is InChI=1S/C11H19N3O4S/c1-5-18-11(15)7-14(8(2)3)19(16,17)10-6-12-13-9(10)4/h6,8H,5,7H2,1-4H3,(H,12,13). The summed E-state index contributed by atoms with van der Waals surface area (Å²) >= 11 is 0. The smallest absolute Gasteiger partial charge is 0.321 e. The van der Waals surface area contributed by atoms with Gasteiger partial charge in [0.1, 0.15) is 11.4 Å². The molecule has 0 saturated carbocycles. The number of hydrogen-bond acceptors (Lipinski definition) is 5. The van der Waals surface area contributed by atoms with Gasteiger partial charge in [0.15, 0.2) is 0 Å². The number of rotatable bonds is 6. The summed E-state index contributed by atoms with van der Waals surface area (Å²) in [6.45, 7) is 6.60. The molecule has 0 aliphatic heterocycles. The molecule has 8 heteroatoms. The third-order valence-corrected chi connectivity index (χ3v) is 4.67. The molecule has 0 fully saturated rings. The lowest BCUT2D eigenvalue weighted by Gasteiger charge is -2.24. The Labute approximate surface area is 113 Å². The van der Waals surface area contributed by atoms with Gasteiger partial charge in [0.25, 0.3) is 0 Å². The highest BCUT2D eigenvalue weighted by molar-refractivity contribution is 7.89. The van der Waals surface area contributed by atoms with E-state index in [-0.39, 0.29) is 24.1 Å². The molecule has 0 atom stereocenters. The van der Waals surface area contributed by atoms with Crippen LogP contribution in [0, 0.1) is 6.92 Å². The lowest BCUT2D eigenvalue weighted by molar-refractivity contribution is -0.143. The molecule has 1 N–H and O–H groups in total. The predicted octanol–water partition coefficient (Wildman–Crippen LogP) is 0.680. The van der Waals surface area contributed by atoms with Crippen molar-refractivity contribution in [3.63, 3.8) is 0 Å². The first-order valence-corrected chi connectivity index (χ1v) is 7.42. The molecule has 1 aromatic rings. The summed E-state index contributed by atoms with van der Waals surface area (Å²) in [4.78, 5) is 11.6. The molecule has 0 aliphatic rings. The monoisotopic (exact) mass is 289 g/mol. The normalized spacial score (nSPS) is 12.1. The van der Waals surface area contributed by atoms with Crippen LogP contribution in [-0.4, -0.2) is 48.1 Å².